The fraction of sp³-hybridized carbons (Fsp3) is 0. The van der Waals surface area contributed by atoms with Crippen molar-refractivity contribution in [3.63, 3.8) is 0 Å². The van der Waals surface area contributed by atoms with E-state index in [1.54, 1.807) is 18.2 Å². The van der Waals surface area contributed by atoms with E-state index in [0.29, 0.717) is 11.3 Å². The molecule has 0 amide bonds. The Balaban J connectivity index is 1.85. The van der Waals surface area contributed by atoms with Gasteiger partial charge in [-0.15, -0.1) is 0 Å². The van der Waals surface area contributed by atoms with E-state index >= 15 is 0 Å². The van der Waals surface area contributed by atoms with Crippen molar-refractivity contribution in [3.8, 4) is 22.4 Å². The lowest BCUT2D eigenvalue weighted by Gasteiger charge is -2.14. The molecule has 0 radical (unpaired) electrons. The number of hydrogen-bond donors (Lipinski definition) is 1. The van der Waals surface area contributed by atoms with Crippen LogP contribution in [0.25, 0.3) is 22.4 Å². The number of rotatable bonds is 5. The lowest BCUT2D eigenvalue weighted by molar-refractivity contribution is 0.601. The van der Waals surface area contributed by atoms with E-state index in [2.05, 4.69) is 14.7 Å². The van der Waals surface area contributed by atoms with E-state index in [1.165, 1.54) is 12.1 Å². The summed E-state index contributed by atoms with van der Waals surface area (Å²) in [5.41, 5.74) is 2.83. The second kappa shape index (κ2) is 8.03. The number of aromatic nitrogens is 2. The maximum atomic E-state index is 12.7. The van der Waals surface area contributed by atoms with Crippen LogP contribution >= 0.6 is 11.6 Å². The van der Waals surface area contributed by atoms with Crippen molar-refractivity contribution in [2.45, 2.75) is 4.90 Å². The van der Waals surface area contributed by atoms with Crippen LogP contribution < -0.4 is 4.72 Å². The molecule has 5 nitrogen and oxygen atoms in total. The molecule has 1 aromatic heterocycles. The zero-order valence-corrected chi connectivity index (χ0v) is 16.7. The third kappa shape index (κ3) is 4.13. The van der Waals surface area contributed by atoms with Crippen LogP contribution in [0.4, 0.5) is 5.95 Å². The molecule has 0 spiro atoms. The van der Waals surface area contributed by atoms with Gasteiger partial charge in [-0.2, -0.15) is 4.98 Å². The number of sulfonamides is 1. The lowest BCUT2D eigenvalue weighted by atomic mass is 10.0. The Kier molecular flexibility index (Phi) is 5.29. The fourth-order valence-corrected chi connectivity index (χ4v) is 4.17. The molecule has 0 atom stereocenters. The number of hydrogen-bond acceptors (Lipinski definition) is 4. The van der Waals surface area contributed by atoms with E-state index in [4.69, 9.17) is 11.6 Å². The minimum Gasteiger partial charge on any atom is -0.247 e. The first-order valence-electron chi connectivity index (χ1n) is 8.81. The minimum atomic E-state index is -3.84. The maximum absolute atomic E-state index is 12.7. The average molecular weight is 422 g/mol. The predicted octanol–water partition coefficient (Wildman–Crippen LogP) is 5.26. The predicted molar refractivity (Wildman–Crippen MR) is 115 cm³/mol. The molecule has 3 aromatic carbocycles. The van der Waals surface area contributed by atoms with Gasteiger partial charge >= 0.3 is 0 Å². The number of nitrogens with zero attached hydrogens (tertiary/aromatic N) is 2. The van der Waals surface area contributed by atoms with Crippen molar-refractivity contribution in [1.29, 1.82) is 0 Å². The highest BCUT2D eigenvalue weighted by molar-refractivity contribution is 7.92. The van der Waals surface area contributed by atoms with E-state index in [9.17, 15) is 8.42 Å². The molecule has 0 saturated carbocycles. The summed E-state index contributed by atoms with van der Waals surface area (Å²) in [4.78, 5) is 8.83. The van der Waals surface area contributed by atoms with Gasteiger partial charge in [0.1, 0.15) is 5.15 Å². The van der Waals surface area contributed by atoms with Gasteiger partial charge in [0.2, 0.25) is 5.95 Å². The topological polar surface area (TPSA) is 72.0 Å². The Morgan fingerprint density at radius 2 is 1.21 bits per heavy atom. The maximum Gasteiger partial charge on any atom is 0.264 e. The molecule has 1 heterocycles. The Labute approximate surface area is 174 Å². The largest absolute Gasteiger partial charge is 0.264 e. The van der Waals surface area contributed by atoms with Gasteiger partial charge in [-0.3, -0.25) is 0 Å². The molecule has 0 saturated heterocycles. The van der Waals surface area contributed by atoms with Gasteiger partial charge in [-0.05, 0) is 17.7 Å². The zero-order valence-electron chi connectivity index (χ0n) is 15.2. The summed E-state index contributed by atoms with van der Waals surface area (Å²) in [5, 5.41) is 0.163. The van der Waals surface area contributed by atoms with Gasteiger partial charge in [0.05, 0.1) is 10.6 Å². The average Bonchev–Trinajstić information content (AvgIpc) is 2.75. The van der Waals surface area contributed by atoms with E-state index in [0.717, 1.165) is 11.1 Å². The monoisotopic (exact) mass is 421 g/mol. The molecule has 1 N–H and O–H groups in total. The second-order valence-electron chi connectivity index (χ2n) is 6.21. The van der Waals surface area contributed by atoms with Crippen molar-refractivity contribution in [1.82, 2.24) is 9.97 Å². The number of nitrogens with one attached hydrogen (secondary N) is 1. The van der Waals surface area contributed by atoms with Crippen molar-refractivity contribution < 1.29 is 8.42 Å². The quantitative estimate of drug-likeness (QED) is 0.446. The molecule has 4 rings (SSSR count). The Bertz CT molecular complexity index is 1230. The highest BCUT2D eigenvalue weighted by Gasteiger charge is 2.20. The molecule has 0 fully saturated rings. The molecule has 0 aliphatic rings. The van der Waals surface area contributed by atoms with Crippen LogP contribution in [0.3, 0.4) is 0 Å². The summed E-state index contributed by atoms with van der Waals surface area (Å²) in [7, 11) is -3.84. The molecule has 144 valence electrons. The Morgan fingerprint density at radius 1 is 0.690 bits per heavy atom. The van der Waals surface area contributed by atoms with Crippen LogP contribution in [0.5, 0.6) is 0 Å². The summed E-state index contributed by atoms with van der Waals surface area (Å²) in [6, 6.07) is 27.0. The van der Waals surface area contributed by atoms with Crippen molar-refractivity contribution in [2.24, 2.45) is 0 Å². The molecule has 0 aliphatic carbocycles. The highest BCUT2D eigenvalue weighted by atomic mass is 35.5. The van der Waals surface area contributed by atoms with Gasteiger partial charge in [-0.25, -0.2) is 18.1 Å². The lowest BCUT2D eigenvalue weighted by Crippen LogP contribution is -2.15. The van der Waals surface area contributed by atoms with Crippen molar-refractivity contribution >= 4 is 27.6 Å². The standard InChI is InChI=1S/C22H16ClN3O2S/c23-21-19(16-10-4-1-5-11-16)20(17-12-6-2-7-13-17)24-22(25-21)26-29(27,28)18-14-8-3-9-15-18/h1-15H,(H,24,25,26). The van der Waals surface area contributed by atoms with Gasteiger partial charge in [0.25, 0.3) is 10.0 Å². The molecular weight excluding hydrogens is 406 g/mol. The molecule has 29 heavy (non-hydrogen) atoms. The summed E-state index contributed by atoms with van der Waals surface area (Å²) in [5.74, 6) is -0.0858. The van der Waals surface area contributed by atoms with Crippen LogP contribution in [0.15, 0.2) is 95.9 Å². The molecular formula is C22H16ClN3O2S. The van der Waals surface area contributed by atoms with Crippen LogP contribution in [-0.4, -0.2) is 18.4 Å². The first-order valence-corrected chi connectivity index (χ1v) is 10.7. The van der Waals surface area contributed by atoms with Crippen LogP contribution in [0.1, 0.15) is 0 Å². The SMILES string of the molecule is O=S(=O)(Nc1nc(Cl)c(-c2ccccc2)c(-c2ccccc2)n1)c1ccccc1. The van der Waals surface area contributed by atoms with Crippen molar-refractivity contribution in [2.75, 3.05) is 4.72 Å². The number of anilines is 1. The second-order valence-corrected chi connectivity index (χ2v) is 8.25. The molecule has 0 aliphatic heterocycles. The van der Waals surface area contributed by atoms with Gasteiger partial charge in [0.15, 0.2) is 0 Å². The summed E-state index contributed by atoms with van der Waals surface area (Å²) < 4.78 is 27.8. The van der Waals surface area contributed by atoms with Crippen LogP contribution in [0.2, 0.25) is 5.15 Å². The van der Waals surface area contributed by atoms with Crippen LogP contribution in [0, 0.1) is 0 Å². The van der Waals surface area contributed by atoms with E-state index in [1.807, 2.05) is 60.7 Å². The Morgan fingerprint density at radius 3 is 1.79 bits per heavy atom. The smallest absolute Gasteiger partial charge is 0.247 e. The van der Waals surface area contributed by atoms with E-state index in [-0.39, 0.29) is 16.0 Å². The van der Waals surface area contributed by atoms with Gasteiger partial charge in [-0.1, -0.05) is 90.5 Å². The molecule has 0 bridgehead atoms. The normalized spacial score (nSPS) is 11.2. The van der Waals surface area contributed by atoms with Crippen LogP contribution in [-0.2, 0) is 10.0 Å². The zero-order chi connectivity index (χ0) is 20.3. The van der Waals surface area contributed by atoms with Gasteiger partial charge in [0, 0.05) is 11.1 Å². The summed E-state index contributed by atoms with van der Waals surface area (Å²) in [6.45, 7) is 0. The minimum absolute atomic E-state index is 0.0858. The molecule has 0 unspecified atom stereocenters. The number of benzene rings is 3. The summed E-state index contributed by atoms with van der Waals surface area (Å²) in [6.07, 6.45) is 0. The molecule has 4 aromatic rings. The number of halogens is 1. The first-order chi connectivity index (χ1) is 14.0. The summed E-state index contributed by atoms with van der Waals surface area (Å²) >= 11 is 6.51. The van der Waals surface area contributed by atoms with Gasteiger partial charge < -0.3 is 0 Å². The molecule has 7 heteroatoms. The first kappa shape index (κ1) is 19.1. The third-order valence-corrected chi connectivity index (χ3v) is 5.87. The Hall–Kier alpha value is -3.22. The highest BCUT2D eigenvalue weighted by Crippen LogP contribution is 2.36. The van der Waals surface area contributed by atoms with E-state index < -0.39 is 10.0 Å². The fourth-order valence-electron chi connectivity index (χ4n) is 2.92. The van der Waals surface area contributed by atoms with Crippen molar-refractivity contribution in [3.05, 3.63) is 96.1 Å². The third-order valence-electron chi connectivity index (χ3n) is 4.25.